The molecule has 1 aromatic rings. The quantitative estimate of drug-likeness (QED) is 0.322. The summed E-state index contributed by atoms with van der Waals surface area (Å²) in [5.41, 5.74) is 4.77. The third-order valence-electron chi connectivity index (χ3n) is 4.53. The van der Waals surface area contributed by atoms with E-state index in [0.717, 1.165) is 27.8 Å². The fourth-order valence-electron chi connectivity index (χ4n) is 3.04. The van der Waals surface area contributed by atoms with Crippen molar-refractivity contribution in [2.45, 2.75) is 39.7 Å². The van der Waals surface area contributed by atoms with E-state index < -0.39 is 5.97 Å². The van der Waals surface area contributed by atoms with Gasteiger partial charge in [-0.3, -0.25) is 4.79 Å². The van der Waals surface area contributed by atoms with E-state index in [9.17, 15) is 14.4 Å². The first-order chi connectivity index (χ1) is 12.4. The molecule has 6 nitrogen and oxygen atoms in total. The molecule has 1 heterocycles. The van der Waals surface area contributed by atoms with E-state index >= 15 is 0 Å². The van der Waals surface area contributed by atoms with Crippen LogP contribution in [0.15, 0.2) is 23.2 Å². The first kappa shape index (κ1) is 19.3. The number of esters is 2. The highest BCUT2D eigenvalue weighted by Gasteiger charge is 2.30. The van der Waals surface area contributed by atoms with Gasteiger partial charge < -0.3 is 9.47 Å². The second-order valence-electron chi connectivity index (χ2n) is 6.03. The van der Waals surface area contributed by atoms with Crippen molar-refractivity contribution in [3.8, 4) is 0 Å². The van der Waals surface area contributed by atoms with Crippen LogP contribution in [0.1, 0.15) is 52.4 Å². The largest absolute Gasteiger partial charge is 0.469 e. The van der Waals surface area contributed by atoms with Gasteiger partial charge in [-0.2, -0.15) is 4.99 Å². The van der Waals surface area contributed by atoms with Crippen molar-refractivity contribution in [3.05, 3.63) is 46.0 Å². The number of nitrogens with zero attached hydrogens (tertiary/aromatic N) is 1. The van der Waals surface area contributed by atoms with Gasteiger partial charge in [0.15, 0.2) is 0 Å². The van der Waals surface area contributed by atoms with E-state index in [-0.39, 0.29) is 18.3 Å². The van der Waals surface area contributed by atoms with Crippen LogP contribution in [-0.4, -0.2) is 25.1 Å². The van der Waals surface area contributed by atoms with E-state index in [2.05, 4.69) is 16.3 Å². The maximum Gasteiger partial charge on any atom is 0.341 e. The SMILES string of the molecule is C=Cc1c(C)c2c(c(N=C=O)c1C/C=C(\C)CCC(=O)OC)C(=O)OC2. The number of carbonyl (C=O) groups excluding carboxylic acids is 3. The minimum absolute atomic E-state index is 0.163. The third-order valence-corrected chi connectivity index (χ3v) is 4.53. The molecule has 0 amide bonds. The number of rotatable bonds is 7. The topological polar surface area (TPSA) is 82.0 Å². The molecule has 1 aromatic carbocycles. The fourth-order valence-corrected chi connectivity index (χ4v) is 3.04. The number of allylic oxidation sites excluding steroid dienone is 2. The Morgan fingerprint density at radius 3 is 2.77 bits per heavy atom. The van der Waals surface area contributed by atoms with Gasteiger partial charge >= 0.3 is 11.9 Å². The van der Waals surface area contributed by atoms with Crippen LogP contribution < -0.4 is 0 Å². The van der Waals surface area contributed by atoms with Gasteiger partial charge in [0.25, 0.3) is 0 Å². The van der Waals surface area contributed by atoms with Crippen molar-refractivity contribution < 1.29 is 23.9 Å². The summed E-state index contributed by atoms with van der Waals surface area (Å²) in [7, 11) is 1.36. The molecule has 0 radical (unpaired) electrons. The monoisotopic (exact) mass is 355 g/mol. The summed E-state index contributed by atoms with van der Waals surface area (Å²) in [6, 6.07) is 0. The normalized spacial score (nSPS) is 12.9. The van der Waals surface area contributed by atoms with Gasteiger partial charge in [-0.05, 0) is 43.4 Å². The van der Waals surface area contributed by atoms with Crippen LogP contribution in [0.3, 0.4) is 0 Å². The van der Waals surface area contributed by atoms with Gasteiger partial charge in [-0.15, -0.1) is 0 Å². The lowest BCUT2D eigenvalue weighted by Gasteiger charge is -2.15. The Kier molecular flexibility index (Phi) is 6.26. The van der Waals surface area contributed by atoms with Crippen LogP contribution >= 0.6 is 0 Å². The highest BCUT2D eigenvalue weighted by Crippen LogP contribution is 2.39. The molecule has 0 fully saturated rings. The zero-order valence-electron chi connectivity index (χ0n) is 15.2. The maximum atomic E-state index is 12.1. The molecule has 0 bridgehead atoms. The number of cyclic esters (lactones) is 1. The average Bonchev–Trinajstić information content (AvgIpc) is 3.02. The molecule has 136 valence electrons. The molecule has 0 N–H and O–H groups in total. The van der Waals surface area contributed by atoms with Crippen LogP contribution in [-0.2, 0) is 32.1 Å². The summed E-state index contributed by atoms with van der Waals surface area (Å²) in [5.74, 6) is -0.757. The molecule has 0 spiro atoms. The first-order valence-electron chi connectivity index (χ1n) is 8.22. The smallest absolute Gasteiger partial charge is 0.341 e. The Hall–Kier alpha value is -2.98. The second-order valence-corrected chi connectivity index (χ2v) is 6.03. The van der Waals surface area contributed by atoms with Gasteiger partial charge in [-0.25, -0.2) is 9.59 Å². The molecule has 0 saturated carbocycles. The number of ether oxygens (including phenoxy) is 2. The number of isocyanates is 1. The van der Waals surface area contributed by atoms with E-state index in [4.69, 9.17) is 4.74 Å². The van der Waals surface area contributed by atoms with Crippen LogP contribution in [0.5, 0.6) is 0 Å². The van der Waals surface area contributed by atoms with E-state index in [1.807, 2.05) is 19.9 Å². The molecule has 0 aliphatic carbocycles. The lowest BCUT2D eigenvalue weighted by molar-refractivity contribution is -0.140. The zero-order chi connectivity index (χ0) is 19.3. The van der Waals surface area contributed by atoms with Crippen LogP contribution in [0, 0.1) is 6.92 Å². The average molecular weight is 355 g/mol. The standard InChI is InChI=1S/C20H21NO5/c1-5-14-13(3)16-10-26-20(24)18(16)19(21-11-22)15(14)8-6-12(2)7-9-17(23)25-4/h5-6H,1,7-10H2,2-4H3/b12-6+. The number of aliphatic imine (C=N–C) groups is 1. The third kappa shape index (κ3) is 3.81. The minimum atomic E-state index is -0.486. The Labute approximate surface area is 152 Å². The number of hydrogen-bond acceptors (Lipinski definition) is 6. The number of fused-ring (bicyclic) bond motifs is 1. The minimum Gasteiger partial charge on any atom is -0.469 e. The summed E-state index contributed by atoms with van der Waals surface area (Å²) >= 11 is 0. The first-order valence-corrected chi connectivity index (χ1v) is 8.22. The Balaban J connectivity index is 2.47. The van der Waals surface area contributed by atoms with E-state index in [1.54, 1.807) is 6.08 Å². The zero-order valence-corrected chi connectivity index (χ0v) is 15.2. The molecule has 0 saturated heterocycles. The Morgan fingerprint density at radius 1 is 1.42 bits per heavy atom. The molecule has 26 heavy (non-hydrogen) atoms. The molecule has 0 aromatic heterocycles. The molecule has 0 unspecified atom stereocenters. The van der Waals surface area contributed by atoms with Crippen molar-refractivity contribution in [1.29, 1.82) is 0 Å². The van der Waals surface area contributed by atoms with Crippen LogP contribution in [0.25, 0.3) is 6.08 Å². The maximum absolute atomic E-state index is 12.1. The molecular weight excluding hydrogens is 334 g/mol. The van der Waals surface area contributed by atoms with Gasteiger partial charge in [0.2, 0.25) is 6.08 Å². The molecular formula is C20H21NO5. The lowest BCUT2D eigenvalue weighted by atomic mass is 9.89. The van der Waals surface area contributed by atoms with E-state index in [0.29, 0.717) is 24.8 Å². The number of carbonyl (C=O) groups is 2. The van der Waals surface area contributed by atoms with Gasteiger partial charge in [0.1, 0.15) is 6.61 Å². The van der Waals surface area contributed by atoms with Crippen molar-refractivity contribution in [1.82, 2.24) is 0 Å². The second kappa shape index (κ2) is 8.41. The van der Waals surface area contributed by atoms with Crippen molar-refractivity contribution >= 4 is 29.8 Å². The summed E-state index contributed by atoms with van der Waals surface area (Å²) in [6.07, 6.45) is 6.47. The molecule has 1 aliphatic rings. The Bertz CT molecular complexity index is 844. The van der Waals surface area contributed by atoms with Crippen LogP contribution in [0.4, 0.5) is 5.69 Å². The van der Waals surface area contributed by atoms with Crippen LogP contribution in [0.2, 0.25) is 0 Å². The predicted octanol–water partition coefficient (Wildman–Crippen LogP) is 3.72. The van der Waals surface area contributed by atoms with Crippen molar-refractivity contribution in [2.75, 3.05) is 7.11 Å². The number of benzene rings is 1. The van der Waals surface area contributed by atoms with Gasteiger partial charge in [0, 0.05) is 12.0 Å². The Morgan fingerprint density at radius 2 is 2.15 bits per heavy atom. The number of methoxy groups -OCH3 is 1. The summed E-state index contributed by atoms with van der Waals surface area (Å²) in [4.78, 5) is 38.1. The fraction of sp³-hybridized carbons (Fsp3) is 0.350. The van der Waals surface area contributed by atoms with Gasteiger partial charge in [-0.1, -0.05) is 24.3 Å². The molecule has 1 aliphatic heterocycles. The summed E-state index contributed by atoms with van der Waals surface area (Å²) in [6.45, 7) is 7.81. The van der Waals surface area contributed by atoms with E-state index in [1.165, 1.54) is 13.2 Å². The highest BCUT2D eigenvalue weighted by atomic mass is 16.5. The van der Waals surface area contributed by atoms with Gasteiger partial charge in [0.05, 0.1) is 18.4 Å². The summed E-state index contributed by atoms with van der Waals surface area (Å²) in [5, 5.41) is 0. The lowest BCUT2D eigenvalue weighted by Crippen LogP contribution is -2.03. The molecule has 0 atom stereocenters. The molecule has 6 heteroatoms. The molecule has 2 rings (SSSR count). The predicted molar refractivity (Wildman–Crippen MR) is 96.9 cm³/mol. The highest BCUT2D eigenvalue weighted by molar-refractivity contribution is 6.01. The number of hydrogen-bond donors (Lipinski definition) is 0. The van der Waals surface area contributed by atoms with Crippen molar-refractivity contribution in [3.63, 3.8) is 0 Å². The van der Waals surface area contributed by atoms with Crippen molar-refractivity contribution in [2.24, 2.45) is 4.99 Å². The summed E-state index contributed by atoms with van der Waals surface area (Å²) < 4.78 is 9.76.